The van der Waals surface area contributed by atoms with Crippen molar-refractivity contribution in [2.24, 2.45) is 11.8 Å². The average Bonchev–Trinajstić information content (AvgIpc) is 2.67. The summed E-state index contributed by atoms with van der Waals surface area (Å²) in [6, 6.07) is 0. The molecule has 0 saturated carbocycles. The topological polar surface area (TPSA) is 107 Å². The van der Waals surface area contributed by atoms with Gasteiger partial charge in [0.2, 0.25) is 0 Å². The molecule has 8 heteroatoms. The molecule has 7 nitrogen and oxygen atoms in total. The first-order valence-corrected chi connectivity index (χ1v) is 12.5. The Hall–Kier alpha value is -1.15. The third-order valence-electron chi connectivity index (χ3n) is 5.26. The Morgan fingerprint density at radius 1 is 0.793 bits per heavy atom. The molecule has 0 bridgehead atoms. The van der Waals surface area contributed by atoms with Crippen molar-refractivity contribution in [1.82, 2.24) is 0 Å². The number of ether oxygens (including phenoxy) is 2. The highest BCUT2D eigenvalue weighted by molar-refractivity contribution is 7.86. The number of hydrogen-bond acceptors (Lipinski definition) is 6. The summed E-state index contributed by atoms with van der Waals surface area (Å²) in [6.07, 6.45) is 6.63. The van der Waals surface area contributed by atoms with Gasteiger partial charge < -0.3 is 9.47 Å². The number of esters is 2. The molecular weight excluding hydrogens is 396 g/mol. The van der Waals surface area contributed by atoms with Crippen LogP contribution in [-0.4, -0.2) is 43.4 Å². The molecule has 0 amide bonds. The zero-order valence-corrected chi connectivity index (χ0v) is 19.3. The fraction of sp³-hybridized carbons (Fsp3) is 0.905. The van der Waals surface area contributed by atoms with Crippen molar-refractivity contribution in [3.8, 4) is 0 Å². The second-order valence-electron chi connectivity index (χ2n) is 7.74. The van der Waals surface area contributed by atoms with Crippen molar-refractivity contribution in [3.63, 3.8) is 0 Å². The lowest BCUT2D eigenvalue weighted by atomic mass is 10.0. The third-order valence-corrected chi connectivity index (χ3v) is 6.43. The fourth-order valence-corrected chi connectivity index (χ4v) is 3.68. The second-order valence-corrected chi connectivity index (χ2v) is 9.44. The Bertz CT molecular complexity index is 525. The van der Waals surface area contributed by atoms with E-state index in [0.29, 0.717) is 0 Å². The molecule has 0 aliphatic rings. The Labute approximate surface area is 176 Å². The minimum absolute atomic E-state index is 0.216. The minimum Gasteiger partial charge on any atom is -0.465 e. The number of carbonyl (C=O) groups excluding carboxylic acids is 2. The second kappa shape index (κ2) is 15.7. The van der Waals surface area contributed by atoms with Crippen molar-refractivity contribution in [2.45, 2.75) is 97.2 Å². The molecule has 0 spiro atoms. The number of unbranched alkanes of at least 4 members (excludes halogenated alkanes) is 2. The van der Waals surface area contributed by atoms with E-state index >= 15 is 0 Å². The van der Waals surface area contributed by atoms with Crippen LogP contribution in [0, 0.1) is 11.8 Å². The van der Waals surface area contributed by atoms with E-state index in [-0.39, 0.29) is 25.0 Å². The quantitative estimate of drug-likeness (QED) is 0.263. The Morgan fingerprint density at radius 2 is 1.17 bits per heavy atom. The molecule has 0 radical (unpaired) electrons. The van der Waals surface area contributed by atoms with Crippen LogP contribution in [0.25, 0.3) is 0 Å². The summed E-state index contributed by atoms with van der Waals surface area (Å²) >= 11 is 0. The van der Waals surface area contributed by atoms with Crippen molar-refractivity contribution in [1.29, 1.82) is 0 Å². The van der Waals surface area contributed by atoms with E-state index in [1.165, 1.54) is 0 Å². The monoisotopic (exact) mass is 436 g/mol. The lowest BCUT2D eigenvalue weighted by Gasteiger charge is -2.18. The first-order chi connectivity index (χ1) is 13.7. The van der Waals surface area contributed by atoms with Gasteiger partial charge in [0.25, 0.3) is 10.1 Å². The van der Waals surface area contributed by atoms with Crippen LogP contribution in [0.3, 0.4) is 0 Å². The molecule has 0 fully saturated rings. The summed E-state index contributed by atoms with van der Waals surface area (Å²) in [4.78, 5) is 24.1. The largest absolute Gasteiger partial charge is 0.465 e. The molecule has 1 N–H and O–H groups in total. The van der Waals surface area contributed by atoms with Crippen molar-refractivity contribution in [2.75, 3.05) is 13.2 Å². The SMILES string of the molecule is CCCCC(CC)COC(=O)CC(CC(=O)OCC(CC)CCCC)S(=O)(=O)O. The van der Waals surface area contributed by atoms with Crippen LogP contribution in [0.4, 0.5) is 0 Å². The highest BCUT2D eigenvalue weighted by Crippen LogP contribution is 2.17. The summed E-state index contributed by atoms with van der Waals surface area (Å²) in [7, 11) is -4.57. The van der Waals surface area contributed by atoms with Gasteiger partial charge in [-0.15, -0.1) is 0 Å². The number of rotatable bonds is 17. The zero-order valence-electron chi connectivity index (χ0n) is 18.5. The van der Waals surface area contributed by atoms with Crippen LogP contribution < -0.4 is 0 Å². The van der Waals surface area contributed by atoms with Gasteiger partial charge in [0.15, 0.2) is 0 Å². The normalized spacial score (nSPS) is 14.8. The maximum Gasteiger partial charge on any atom is 0.307 e. The van der Waals surface area contributed by atoms with Gasteiger partial charge in [-0.2, -0.15) is 8.42 Å². The lowest BCUT2D eigenvalue weighted by molar-refractivity contribution is -0.147. The molecule has 29 heavy (non-hydrogen) atoms. The molecule has 2 atom stereocenters. The van der Waals surface area contributed by atoms with E-state index in [9.17, 15) is 22.6 Å². The first-order valence-electron chi connectivity index (χ1n) is 10.9. The Balaban J connectivity index is 4.62. The molecule has 0 aromatic carbocycles. The van der Waals surface area contributed by atoms with E-state index in [4.69, 9.17) is 9.47 Å². The number of carbonyl (C=O) groups is 2. The van der Waals surface area contributed by atoms with Crippen LogP contribution in [0.5, 0.6) is 0 Å². The van der Waals surface area contributed by atoms with E-state index in [2.05, 4.69) is 13.8 Å². The van der Waals surface area contributed by atoms with Crippen molar-refractivity contribution in [3.05, 3.63) is 0 Å². The molecule has 0 aliphatic heterocycles. The van der Waals surface area contributed by atoms with Gasteiger partial charge in [0.05, 0.1) is 26.1 Å². The van der Waals surface area contributed by atoms with Crippen LogP contribution >= 0.6 is 0 Å². The molecular formula is C21H40O7S. The molecule has 0 heterocycles. The van der Waals surface area contributed by atoms with Crippen molar-refractivity contribution < 1.29 is 32.0 Å². The molecule has 0 aromatic rings. The average molecular weight is 437 g/mol. The molecule has 172 valence electrons. The third kappa shape index (κ3) is 13.7. The summed E-state index contributed by atoms with van der Waals surface area (Å²) in [6.45, 7) is 8.62. The highest BCUT2D eigenvalue weighted by atomic mass is 32.2. The van der Waals surface area contributed by atoms with Gasteiger partial charge in [-0.25, -0.2) is 0 Å². The molecule has 2 unspecified atom stereocenters. The van der Waals surface area contributed by atoms with Crippen LogP contribution in [0.2, 0.25) is 0 Å². The molecule has 0 rings (SSSR count). The van der Waals surface area contributed by atoms with Crippen molar-refractivity contribution >= 4 is 22.1 Å². The van der Waals surface area contributed by atoms with Crippen LogP contribution in [0.15, 0.2) is 0 Å². The summed E-state index contributed by atoms with van der Waals surface area (Å²) < 4.78 is 43.0. The van der Waals surface area contributed by atoms with E-state index in [0.717, 1.165) is 51.4 Å². The highest BCUT2D eigenvalue weighted by Gasteiger charge is 2.30. The van der Waals surface area contributed by atoms with Gasteiger partial charge in [0, 0.05) is 0 Å². The standard InChI is InChI=1S/C21H40O7S/c1-5-9-11-17(7-3)15-27-20(22)13-19(29(24,25)26)14-21(23)28-16-18(8-4)12-10-6-2/h17-19H,5-16H2,1-4H3,(H,24,25,26). The molecule has 0 saturated heterocycles. The molecule has 0 aromatic heterocycles. The van der Waals surface area contributed by atoms with E-state index < -0.39 is 40.1 Å². The van der Waals surface area contributed by atoms with Gasteiger partial charge in [-0.3, -0.25) is 14.1 Å². The van der Waals surface area contributed by atoms with E-state index in [1.54, 1.807) is 0 Å². The van der Waals surface area contributed by atoms with Crippen LogP contribution in [0.1, 0.15) is 91.9 Å². The predicted molar refractivity (Wildman–Crippen MR) is 113 cm³/mol. The first kappa shape index (κ1) is 27.8. The van der Waals surface area contributed by atoms with Crippen LogP contribution in [-0.2, 0) is 29.2 Å². The van der Waals surface area contributed by atoms with Gasteiger partial charge >= 0.3 is 11.9 Å². The number of hydrogen-bond donors (Lipinski definition) is 1. The Kier molecular flexibility index (Phi) is 15.0. The maximum absolute atomic E-state index is 12.1. The summed E-state index contributed by atoms with van der Waals surface area (Å²) in [5, 5.41) is -1.55. The smallest absolute Gasteiger partial charge is 0.307 e. The summed E-state index contributed by atoms with van der Waals surface area (Å²) in [5.41, 5.74) is 0. The van der Waals surface area contributed by atoms with Gasteiger partial charge in [0.1, 0.15) is 5.25 Å². The maximum atomic E-state index is 12.1. The van der Waals surface area contributed by atoms with Gasteiger partial charge in [-0.1, -0.05) is 66.2 Å². The fourth-order valence-electron chi connectivity index (χ4n) is 2.99. The van der Waals surface area contributed by atoms with E-state index in [1.807, 2.05) is 13.8 Å². The summed E-state index contributed by atoms with van der Waals surface area (Å²) in [5.74, 6) is -1.01. The Morgan fingerprint density at radius 3 is 1.45 bits per heavy atom. The zero-order chi connectivity index (χ0) is 22.3. The van der Waals surface area contributed by atoms with Gasteiger partial charge in [-0.05, 0) is 24.7 Å². The minimum atomic E-state index is -4.57. The lowest BCUT2D eigenvalue weighted by Crippen LogP contribution is -2.29. The molecule has 0 aliphatic carbocycles. The predicted octanol–water partition coefficient (Wildman–Crippen LogP) is 4.54.